The van der Waals surface area contributed by atoms with E-state index in [0.717, 1.165) is 11.2 Å². The lowest BCUT2D eigenvalue weighted by Gasteiger charge is -2.01. The number of aromatic amines is 1. The van der Waals surface area contributed by atoms with Crippen LogP contribution in [0.15, 0.2) is 36.7 Å². The Labute approximate surface area is 69.0 Å². The molecule has 58 valence electrons. The molecule has 0 unspecified atom stereocenters. The minimum atomic E-state index is 0.953. The highest BCUT2D eigenvalue weighted by Gasteiger charge is 2.05. The van der Waals surface area contributed by atoms with Crippen molar-refractivity contribution >= 4 is 5.65 Å². The Balaban J connectivity index is 2.61. The van der Waals surface area contributed by atoms with Crippen LogP contribution in [0.2, 0.25) is 0 Å². The zero-order valence-electron chi connectivity index (χ0n) is 6.36. The van der Waals surface area contributed by atoms with E-state index in [1.54, 1.807) is 0 Å². The Morgan fingerprint density at radius 2 is 2.25 bits per heavy atom. The molecule has 0 radical (unpaired) electrons. The number of rotatable bonds is 0. The molecular weight excluding hydrogens is 150 g/mol. The Morgan fingerprint density at radius 3 is 3.25 bits per heavy atom. The molecule has 0 spiro atoms. The lowest BCUT2D eigenvalue weighted by molar-refractivity contribution is 0.950. The first-order valence-corrected chi connectivity index (χ1v) is 3.85. The Morgan fingerprint density at radius 1 is 1.25 bits per heavy atom. The third-order valence-corrected chi connectivity index (χ3v) is 2.07. The van der Waals surface area contributed by atoms with Gasteiger partial charge in [-0.2, -0.15) is 0 Å². The van der Waals surface area contributed by atoms with Crippen molar-refractivity contribution in [1.82, 2.24) is 14.6 Å². The monoisotopic (exact) mass is 157 g/mol. The smallest absolute Gasteiger partial charge is 0.153 e. The summed E-state index contributed by atoms with van der Waals surface area (Å²) in [6.45, 7) is 0. The standard InChI is InChI=1S/C9H7N3/c1-2-7-6-10-9-4-5-11-12(9)8(7)3-1/h1-6,11H. The van der Waals surface area contributed by atoms with Gasteiger partial charge in [-0.15, -0.1) is 0 Å². The van der Waals surface area contributed by atoms with E-state index in [2.05, 4.69) is 22.2 Å². The molecule has 1 N–H and O–H groups in total. The minimum absolute atomic E-state index is 0.953. The Hall–Kier alpha value is -1.77. The first-order valence-electron chi connectivity index (χ1n) is 3.85. The first-order chi connectivity index (χ1) is 5.95. The van der Waals surface area contributed by atoms with Gasteiger partial charge in [0.2, 0.25) is 0 Å². The Bertz CT molecular complexity index is 491. The van der Waals surface area contributed by atoms with E-state index in [4.69, 9.17) is 0 Å². The maximum absolute atomic E-state index is 4.27. The van der Waals surface area contributed by atoms with Crippen molar-refractivity contribution in [3.8, 4) is 11.3 Å². The van der Waals surface area contributed by atoms with Crippen molar-refractivity contribution in [2.45, 2.75) is 0 Å². The molecule has 1 aromatic rings. The number of hydrogen-bond acceptors (Lipinski definition) is 1. The van der Waals surface area contributed by atoms with Gasteiger partial charge in [0.05, 0.1) is 5.69 Å². The van der Waals surface area contributed by atoms with E-state index >= 15 is 0 Å². The van der Waals surface area contributed by atoms with Crippen LogP contribution in [-0.2, 0) is 0 Å². The minimum Gasteiger partial charge on any atom is -0.300 e. The molecule has 1 aliphatic carbocycles. The largest absolute Gasteiger partial charge is 0.300 e. The van der Waals surface area contributed by atoms with E-state index in [1.807, 2.05) is 29.0 Å². The Kier molecular flexibility index (Phi) is 0.913. The van der Waals surface area contributed by atoms with Crippen molar-refractivity contribution in [1.29, 1.82) is 0 Å². The van der Waals surface area contributed by atoms with Crippen LogP contribution in [0.5, 0.6) is 0 Å². The maximum Gasteiger partial charge on any atom is 0.153 e. The molecule has 0 atom stereocenters. The maximum atomic E-state index is 4.27. The highest BCUT2D eigenvalue weighted by molar-refractivity contribution is 5.64. The lowest BCUT2D eigenvalue weighted by atomic mass is 10.3. The summed E-state index contributed by atoms with van der Waals surface area (Å²) in [7, 11) is 0. The van der Waals surface area contributed by atoms with Gasteiger partial charge in [0.25, 0.3) is 0 Å². The van der Waals surface area contributed by atoms with Crippen molar-refractivity contribution in [3.63, 3.8) is 0 Å². The molecule has 1 aromatic heterocycles. The molecule has 0 saturated carbocycles. The summed E-state index contributed by atoms with van der Waals surface area (Å²) in [5.41, 5.74) is 3.29. The highest BCUT2D eigenvalue weighted by Crippen LogP contribution is 2.21. The fraction of sp³-hybridized carbons (Fsp3) is 0. The van der Waals surface area contributed by atoms with Crippen LogP contribution in [0.3, 0.4) is 0 Å². The zero-order chi connectivity index (χ0) is 7.97. The third kappa shape index (κ3) is 0.580. The molecule has 0 fully saturated rings. The second-order valence-corrected chi connectivity index (χ2v) is 2.78. The third-order valence-electron chi connectivity index (χ3n) is 2.07. The molecule has 0 bridgehead atoms. The van der Waals surface area contributed by atoms with Gasteiger partial charge in [0.1, 0.15) is 0 Å². The summed E-state index contributed by atoms with van der Waals surface area (Å²) in [5, 5.41) is 3.10. The number of aromatic nitrogens is 3. The summed E-state index contributed by atoms with van der Waals surface area (Å²) < 4.78 is 1.97. The molecule has 1 aliphatic heterocycles. The van der Waals surface area contributed by atoms with Crippen molar-refractivity contribution in [3.05, 3.63) is 36.7 Å². The molecule has 0 saturated heterocycles. The molecule has 3 heteroatoms. The van der Waals surface area contributed by atoms with Crippen molar-refractivity contribution in [2.75, 3.05) is 0 Å². The van der Waals surface area contributed by atoms with Crippen LogP contribution in [0.1, 0.15) is 0 Å². The van der Waals surface area contributed by atoms with Gasteiger partial charge in [0, 0.05) is 24.0 Å². The summed E-state index contributed by atoms with van der Waals surface area (Å²) in [5.74, 6) is 0. The van der Waals surface area contributed by atoms with Crippen molar-refractivity contribution < 1.29 is 0 Å². The average molecular weight is 157 g/mol. The van der Waals surface area contributed by atoms with Crippen LogP contribution in [0.25, 0.3) is 16.9 Å². The van der Waals surface area contributed by atoms with Gasteiger partial charge in [-0.25, -0.2) is 9.50 Å². The highest BCUT2D eigenvalue weighted by atomic mass is 15.2. The van der Waals surface area contributed by atoms with E-state index < -0.39 is 0 Å². The molecule has 2 heterocycles. The number of nitrogens with one attached hydrogen (secondary N) is 1. The lowest BCUT2D eigenvalue weighted by Crippen LogP contribution is -1.93. The topological polar surface area (TPSA) is 33.1 Å². The molecule has 2 aliphatic rings. The molecule has 0 amide bonds. The summed E-state index contributed by atoms with van der Waals surface area (Å²) >= 11 is 0. The number of fused-ring (bicyclic) bond motifs is 3. The molecule has 3 rings (SSSR count). The molecular formula is C9H7N3. The van der Waals surface area contributed by atoms with E-state index in [0.29, 0.717) is 0 Å². The van der Waals surface area contributed by atoms with E-state index in [1.165, 1.54) is 5.69 Å². The van der Waals surface area contributed by atoms with Crippen LogP contribution in [0, 0.1) is 0 Å². The summed E-state index contributed by atoms with van der Waals surface area (Å²) in [6.07, 6.45) is 3.77. The van der Waals surface area contributed by atoms with Gasteiger partial charge in [-0.3, -0.25) is 5.10 Å². The van der Waals surface area contributed by atoms with Gasteiger partial charge in [-0.1, -0.05) is 12.1 Å². The second kappa shape index (κ2) is 1.88. The summed E-state index contributed by atoms with van der Waals surface area (Å²) in [4.78, 5) is 4.27. The van der Waals surface area contributed by atoms with Crippen LogP contribution < -0.4 is 0 Å². The average Bonchev–Trinajstić information content (AvgIpc) is 2.71. The van der Waals surface area contributed by atoms with E-state index in [9.17, 15) is 0 Å². The zero-order valence-corrected chi connectivity index (χ0v) is 6.36. The van der Waals surface area contributed by atoms with E-state index in [-0.39, 0.29) is 0 Å². The van der Waals surface area contributed by atoms with Gasteiger partial charge in [0.15, 0.2) is 5.65 Å². The van der Waals surface area contributed by atoms with Gasteiger partial charge < -0.3 is 0 Å². The second-order valence-electron chi connectivity index (χ2n) is 2.78. The predicted molar refractivity (Wildman–Crippen MR) is 46.2 cm³/mol. The summed E-state index contributed by atoms with van der Waals surface area (Å²) in [6, 6.07) is 8.10. The first kappa shape index (κ1) is 5.83. The molecule has 3 nitrogen and oxygen atoms in total. The molecule has 0 aromatic carbocycles. The molecule has 12 heavy (non-hydrogen) atoms. The number of nitrogens with zero attached hydrogens (tertiary/aromatic N) is 2. The van der Waals surface area contributed by atoms with Gasteiger partial charge >= 0.3 is 0 Å². The van der Waals surface area contributed by atoms with Gasteiger partial charge in [-0.05, 0) is 6.07 Å². The van der Waals surface area contributed by atoms with Crippen LogP contribution in [-0.4, -0.2) is 14.6 Å². The van der Waals surface area contributed by atoms with Crippen molar-refractivity contribution in [2.24, 2.45) is 0 Å². The number of H-pyrrole nitrogens is 1. The quantitative estimate of drug-likeness (QED) is 0.530. The van der Waals surface area contributed by atoms with Crippen LogP contribution in [0.4, 0.5) is 0 Å². The normalized spacial score (nSPS) is 11.3. The number of hydrogen-bond donors (Lipinski definition) is 1. The fourth-order valence-corrected chi connectivity index (χ4v) is 1.49. The SMILES string of the molecule is c1cc2cnc3cc[nH]n3c-2c1. The van der Waals surface area contributed by atoms with Crippen LogP contribution >= 0.6 is 0 Å². The fourth-order valence-electron chi connectivity index (χ4n) is 1.49. The predicted octanol–water partition coefficient (Wildman–Crippen LogP) is 1.77.